The number of halogens is 3. The molecule has 0 aliphatic carbocycles. The molecule has 17 heavy (non-hydrogen) atoms. The third-order valence-electron chi connectivity index (χ3n) is 2.45. The first kappa shape index (κ1) is 13.8. The average molecular weight is 247 g/mol. The van der Waals surface area contributed by atoms with Crippen molar-refractivity contribution in [3.05, 3.63) is 29.8 Å². The van der Waals surface area contributed by atoms with Gasteiger partial charge in [-0.2, -0.15) is 13.2 Å². The average Bonchev–Trinajstić information content (AvgIpc) is 2.25. The molecule has 0 aromatic heterocycles. The third-order valence-corrected chi connectivity index (χ3v) is 2.45. The molecule has 1 rings (SSSR count). The van der Waals surface area contributed by atoms with Crippen molar-refractivity contribution in [2.75, 3.05) is 11.9 Å². The van der Waals surface area contributed by atoms with Crippen LogP contribution in [0.4, 0.5) is 18.9 Å². The number of hydrogen-bond acceptors (Lipinski definition) is 2. The van der Waals surface area contributed by atoms with Gasteiger partial charge in [0.15, 0.2) is 6.10 Å². The van der Waals surface area contributed by atoms with Crippen LogP contribution in [0.1, 0.15) is 25.3 Å². The maximum atomic E-state index is 12.0. The minimum atomic E-state index is -4.58. The zero-order chi connectivity index (χ0) is 13.1. The van der Waals surface area contributed by atoms with Crippen LogP contribution in [0.2, 0.25) is 0 Å². The summed E-state index contributed by atoms with van der Waals surface area (Å²) >= 11 is 0. The van der Waals surface area contributed by atoms with E-state index >= 15 is 0 Å². The highest BCUT2D eigenvalue weighted by molar-refractivity contribution is 5.45. The minimum Gasteiger partial charge on any atom is -0.382 e. The molecule has 1 aromatic carbocycles. The first-order valence-electron chi connectivity index (χ1n) is 5.39. The van der Waals surface area contributed by atoms with E-state index in [0.717, 1.165) is 5.56 Å². The van der Waals surface area contributed by atoms with Gasteiger partial charge in [0.1, 0.15) is 0 Å². The summed E-state index contributed by atoms with van der Waals surface area (Å²) in [6.07, 6.45) is -6.92. The van der Waals surface area contributed by atoms with Crippen LogP contribution in [0.15, 0.2) is 24.3 Å². The Balaban J connectivity index is 2.53. The second-order valence-electron chi connectivity index (χ2n) is 4.22. The highest BCUT2D eigenvalue weighted by Gasteiger charge is 2.37. The van der Waals surface area contributed by atoms with E-state index in [9.17, 15) is 13.2 Å². The molecular weight excluding hydrogens is 231 g/mol. The van der Waals surface area contributed by atoms with Crippen LogP contribution < -0.4 is 5.32 Å². The van der Waals surface area contributed by atoms with E-state index in [1.165, 1.54) is 0 Å². The molecule has 0 fully saturated rings. The lowest BCUT2D eigenvalue weighted by molar-refractivity contribution is -0.198. The number of aliphatic hydroxyl groups is 1. The Morgan fingerprint density at radius 1 is 1.18 bits per heavy atom. The van der Waals surface area contributed by atoms with Gasteiger partial charge in [0.25, 0.3) is 0 Å². The number of hydrogen-bond donors (Lipinski definition) is 2. The summed E-state index contributed by atoms with van der Waals surface area (Å²) in [7, 11) is 0. The maximum Gasteiger partial charge on any atom is 0.416 e. The maximum absolute atomic E-state index is 12.0. The molecule has 96 valence electrons. The van der Waals surface area contributed by atoms with Gasteiger partial charge in [0.05, 0.1) is 0 Å². The Labute approximate surface area is 98.5 Å². The Bertz CT molecular complexity index is 346. The van der Waals surface area contributed by atoms with E-state index in [0.29, 0.717) is 11.6 Å². The predicted octanol–water partition coefficient (Wildman–Crippen LogP) is 3.15. The second kappa shape index (κ2) is 5.40. The van der Waals surface area contributed by atoms with Crippen LogP contribution in [0.5, 0.6) is 0 Å². The quantitative estimate of drug-likeness (QED) is 0.856. The standard InChI is InChI=1S/C12H16F3NO/c1-8(2)9-3-5-10(6-4-9)16-7-11(17)12(13,14)15/h3-6,8,11,16-17H,7H2,1-2H3. The topological polar surface area (TPSA) is 32.3 Å². The SMILES string of the molecule is CC(C)c1ccc(NCC(O)C(F)(F)F)cc1. The van der Waals surface area contributed by atoms with Crippen molar-refractivity contribution in [1.29, 1.82) is 0 Å². The van der Waals surface area contributed by atoms with Gasteiger partial charge in [-0.1, -0.05) is 26.0 Å². The Kier molecular flexibility index (Phi) is 4.40. The van der Waals surface area contributed by atoms with E-state index in [-0.39, 0.29) is 0 Å². The molecule has 1 aromatic rings. The normalized spacial score (nSPS) is 13.8. The molecule has 1 atom stereocenters. The Morgan fingerprint density at radius 2 is 1.71 bits per heavy atom. The summed E-state index contributed by atoms with van der Waals surface area (Å²) in [5.74, 6) is 0.379. The highest BCUT2D eigenvalue weighted by Crippen LogP contribution is 2.21. The zero-order valence-corrected chi connectivity index (χ0v) is 9.75. The van der Waals surface area contributed by atoms with Crippen molar-refractivity contribution in [2.45, 2.75) is 32.0 Å². The Morgan fingerprint density at radius 3 is 2.12 bits per heavy atom. The fourth-order valence-electron chi connectivity index (χ4n) is 1.32. The largest absolute Gasteiger partial charge is 0.416 e. The first-order valence-corrected chi connectivity index (χ1v) is 5.39. The van der Waals surface area contributed by atoms with Crippen LogP contribution in [0.3, 0.4) is 0 Å². The van der Waals surface area contributed by atoms with Crippen LogP contribution in [-0.2, 0) is 0 Å². The van der Waals surface area contributed by atoms with Gasteiger partial charge in [-0.05, 0) is 23.6 Å². The lowest BCUT2D eigenvalue weighted by Gasteiger charge is -2.16. The van der Waals surface area contributed by atoms with E-state index in [1.54, 1.807) is 12.1 Å². The van der Waals surface area contributed by atoms with Crippen molar-refractivity contribution in [2.24, 2.45) is 0 Å². The van der Waals surface area contributed by atoms with Crippen molar-refractivity contribution in [3.63, 3.8) is 0 Å². The van der Waals surface area contributed by atoms with Crippen molar-refractivity contribution in [3.8, 4) is 0 Å². The second-order valence-corrected chi connectivity index (χ2v) is 4.22. The lowest BCUT2D eigenvalue weighted by atomic mass is 10.0. The fourth-order valence-corrected chi connectivity index (χ4v) is 1.32. The monoisotopic (exact) mass is 247 g/mol. The molecule has 2 nitrogen and oxygen atoms in total. The lowest BCUT2D eigenvalue weighted by Crippen LogP contribution is -2.34. The summed E-state index contributed by atoms with van der Waals surface area (Å²) in [6.45, 7) is 3.54. The van der Waals surface area contributed by atoms with Crippen LogP contribution in [0.25, 0.3) is 0 Å². The smallest absolute Gasteiger partial charge is 0.382 e. The van der Waals surface area contributed by atoms with Gasteiger partial charge in [0, 0.05) is 12.2 Å². The summed E-state index contributed by atoms with van der Waals surface area (Å²) in [5.41, 5.74) is 1.68. The molecule has 0 aliphatic heterocycles. The Hall–Kier alpha value is -1.23. The molecular formula is C12H16F3NO. The number of anilines is 1. The number of aliphatic hydroxyl groups excluding tert-OH is 1. The fraction of sp³-hybridized carbons (Fsp3) is 0.500. The van der Waals surface area contributed by atoms with E-state index < -0.39 is 18.8 Å². The van der Waals surface area contributed by atoms with Crippen LogP contribution in [-0.4, -0.2) is 23.9 Å². The van der Waals surface area contributed by atoms with E-state index in [1.807, 2.05) is 26.0 Å². The first-order chi connectivity index (χ1) is 7.80. The van der Waals surface area contributed by atoms with Gasteiger partial charge in [-0.15, -0.1) is 0 Å². The molecule has 0 aliphatic rings. The molecule has 0 amide bonds. The molecule has 0 heterocycles. The van der Waals surface area contributed by atoms with Gasteiger partial charge >= 0.3 is 6.18 Å². The molecule has 0 saturated heterocycles. The number of benzene rings is 1. The van der Waals surface area contributed by atoms with Gasteiger partial charge in [0.2, 0.25) is 0 Å². The van der Waals surface area contributed by atoms with Crippen LogP contribution >= 0.6 is 0 Å². The third kappa shape index (κ3) is 4.26. The molecule has 0 spiro atoms. The van der Waals surface area contributed by atoms with Gasteiger partial charge < -0.3 is 10.4 Å². The molecule has 2 N–H and O–H groups in total. The van der Waals surface area contributed by atoms with E-state index in [4.69, 9.17) is 5.11 Å². The summed E-state index contributed by atoms with van der Waals surface area (Å²) in [5, 5.41) is 11.3. The predicted molar refractivity (Wildman–Crippen MR) is 61.1 cm³/mol. The molecule has 1 unspecified atom stereocenters. The van der Waals surface area contributed by atoms with E-state index in [2.05, 4.69) is 5.32 Å². The minimum absolute atomic E-state index is 0.379. The highest BCUT2D eigenvalue weighted by atomic mass is 19.4. The van der Waals surface area contributed by atoms with Crippen molar-refractivity contribution in [1.82, 2.24) is 0 Å². The number of nitrogens with one attached hydrogen (secondary N) is 1. The summed E-state index contributed by atoms with van der Waals surface area (Å²) in [6, 6.07) is 7.12. The van der Waals surface area contributed by atoms with Gasteiger partial charge in [-0.25, -0.2) is 0 Å². The van der Waals surface area contributed by atoms with Gasteiger partial charge in [-0.3, -0.25) is 0 Å². The molecule has 5 heteroatoms. The summed E-state index contributed by atoms with van der Waals surface area (Å²) < 4.78 is 36.1. The molecule has 0 saturated carbocycles. The number of rotatable bonds is 4. The zero-order valence-electron chi connectivity index (χ0n) is 9.75. The summed E-state index contributed by atoms with van der Waals surface area (Å²) in [4.78, 5) is 0. The molecule has 0 bridgehead atoms. The van der Waals surface area contributed by atoms with Crippen LogP contribution in [0, 0.1) is 0 Å². The number of alkyl halides is 3. The van der Waals surface area contributed by atoms with Crippen molar-refractivity contribution < 1.29 is 18.3 Å². The van der Waals surface area contributed by atoms with Crippen molar-refractivity contribution >= 4 is 5.69 Å². The molecule has 0 radical (unpaired) electrons.